The van der Waals surface area contributed by atoms with Gasteiger partial charge in [0.1, 0.15) is 0 Å². The Kier molecular flexibility index (Phi) is 76.9. The van der Waals surface area contributed by atoms with Crippen LogP contribution in [0.2, 0.25) is 0 Å². The first-order valence-electron chi connectivity index (χ1n) is 2.02. The molecule has 0 aliphatic heterocycles. The van der Waals surface area contributed by atoms with Gasteiger partial charge in [-0.1, -0.05) is 13.3 Å². The van der Waals surface area contributed by atoms with Gasteiger partial charge >= 0.3 is 18.6 Å². The van der Waals surface area contributed by atoms with Crippen molar-refractivity contribution in [2.75, 3.05) is 6.61 Å². The zero-order chi connectivity index (χ0) is 4.12. The van der Waals surface area contributed by atoms with E-state index in [-0.39, 0.29) is 29.5 Å². The van der Waals surface area contributed by atoms with Gasteiger partial charge in [0.2, 0.25) is 0 Å². The van der Waals surface area contributed by atoms with Gasteiger partial charge < -0.3 is 16.1 Å². The molecular formula is C4H10O3V. The summed E-state index contributed by atoms with van der Waals surface area (Å²) in [5.41, 5.74) is 0. The van der Waals surface area contributed by atoms with Crippen molar-refractivity contribution >= 4 is 0 Å². The van der Waals surface area contributed by atoms with Crippen LogP contribution in [0.1, 0.15) is 19.8 Å². The van der Waals surface area contributed by atoms with E-state index < -0.39 is 0 Å². The van der Waals surface area contributed by atoms with Crippen LogP contribution in [0, 0.1) is 0 Å². The maximum absolute atomic E-state index is 8.07. The quantitative estimate of drug-likeness (QED) is 0.623. The molecule has 49 valence electrons. The fraction of sp³-hybridized carbons (Fsp3) is 1.00. The first-order chi connectivity index (χ1) is 2.41. The van der Waals surface area contributed by atoms with Gasteiger partial charge in [0.25, 0.3) is 0 Å². The van der Waals surface area contributed by atoms with Crippen LogP contribution in [-0.2, 0) is 29.5 Å². The van der Waals surface area contributed by atoms with Crippen molar-refractivity contribution in [2.45, 2.75) is 19.8 Å². The van der Waals surface area contributed by atoms with Crippen LogP contribution in [0.4, 0.5) is 0 Å². The van der Waals surface area contributed by atoms with Gasteiger partial charge in [-0.05, 0) is 6.42 Å². The van der Waals surface area contributed by atoms with Crippen LogP contribution in [0.15, 0.2) is 0 Å². The molecule has 1 radical (unpaired) electrons. The van der Waals surface area contributed by atoms with Crippen molar-refractivity contribution in [3.05, 3.63) is 0 Å². The molecule has 0 aliphatic carbocycles. The average molecular weight is 157 g/mol. The molecule has 0 aromatic rings. The molecule has 4 heteroatoms. The van der Waals surface area contributed by atoms with E-state index >= 15 is 0 Å². The van der Waals surface area contributed by atoms with Crippen LogP contribution in [-0.4, -0.2) is 11.7 Å². The molecule has 0 aromatic carbocycles. The standard InChI is InChI=1S/C4H10O.2O.V/c1-2-3-4-5;;;/h5H,2-4H2,1H3;;;/q;2*-2;+4. The molecule has 0 aromatic heterocycles. The van der Waals surface area contributed by atoms with Crippen LogP contribution < -0.4 is 0 Å². The summed E-state index contributed by atoms with van der Waals surface area (Å²) in [7, 11) is 0. The number of rotatable bonds is 2. The summed E-state index contributed by atoms with van der Waals surface area (Å²) in [5.74, 6) is 0. The van der Waals surface area contributed by atoms with Crippen molar-refractivity contribution in [3.63, 3.8) is 0 Å². The van der Waals surface area contributed by atoms with Crippen LogP contribution in [0.25, 0.3) is 0 Å². The molecule has 0 unspecified atom stereocenters. The minimum atomic E-state index is 0. The van der Waals surface area contributed by atoms with E-state index in [9.17, 15) is 0 Å². The van der Waals surface area contributed by atoms with Crippen LogP contribution in [0.5, 0.6) is 0 Å². The summed E-state index contributed by atoms with van der Waals surface area (Å²) < 4.78 is 0. The van der Waals surface area contributed by atoms with Gasteiger partial charge in [0.15, 0.2) is 0 Å². The Morgan fingerprint density at radius 3 is 1.62 bits per heavy atom. The molecule has 0 rings (SSSR count). The summed E-state index contributed by atoms with van der Waals surface area (Å²) in [6.45, 7) is 2.40. The van der Waals surface area contributed by atoms with Crippen molar-refractivity contribution in [3.8, 4) is 0 Å². The number of unbranched alkanes of at least 4 members (excludes halogenated alkanes) is 1. The third kappa shape index (κ3) is 31.8. The van der Waals surface area contributed by atoms with Gasteiger partial charge in [-0.2, -0.15) is 0 Å². The molecule has 0 amide bonds. The smallest absolute Gasteiger partial charge is 2.00 e. The largest absolute Gasteiger partial charge is 4.00 e. The molecule has 0 fully saturated rings. The van der Waals surface area contributed by atoms with Gasteiger partial charge in [0.05, 0.1) is 0 Å². The second kappa shape index (κ2) is 26.0. The van der Waals surface area contributed by atoms with E-state index in [1.165, 1.54) is 0 Å². The number of aliphatic hydroxyl groups is 1. The second-order valence-corrected chi connectivity index (χ2v) is 1.08. The van der Waals surface area contributed by atoms with Crippen molar-refractivity contribution in [2.24, 2.45) is 0 Å². The molecule has 3 nitrogen and oxygen atoms in total. The van der Waals surface area contributed by atoms with Gasteiger partial charge in [-0.15, -0.1) is 0 Å². The average Bonchev–Trinajstić information content (AvgIpc) is 1.41. The van der Waals surface area contributed by atoms with E-state index in [1.54, 1.807) is 0 Å². The zero-order valence-electron chi connectivity index (χ0n) is 4.83. The Balaban J connectivity index is -0.0000000267. The summed E-state index contributed by atoms with van der Waals surface area (Å²) >= 11 is 0. The molecule has 0 heterocycles. The monoisotopic (exact) mass is 157 g/mol. The summed E-state index contributed by atoms with van der Waals surface area (Å²) in [4.78, 5) is 0. The molecule has 0 saturated heterocycles. The van der Waals surface area contributed by atoms with Gasteiger partial charge in [0, 0.05) is 6.61 Å². The first kappa shape index (κ1) is 23.7. The Labute approximate surface area is 61.6 Å². The Morgan fingerprint density at radius 1 is 1.25 bits per heavy atom. The van der Waals surface area contributed by atoms with E-state index in [0.717, 1.165) is 12.8 Å². The van der Waals surface area contributed by atoms with Gasteiger partial charge in [-0.3, -0.25) is 0 Å². The maximum atomic E-state index is 8.07. The molecule has 0 spiro atoms. The molecule has 1 N–H and O–H groups in total. The number of aliphatic hydroxyl groups excluding tert-OH is 1. The van der Waals surface area contributed by atoms with E-state index in [4.69, 9.17) is 5.11 Å². The molecule has 0 aliphatic rings. The van der Waals surface area contributed by atoms with Crippen LogP contribution in [0.3, 0.4) is 0 Å². The molecule has 8 heavy (non-hydrogen) atoms. The van der Waals surface area contributed by atoms with E-state index in [0.29, 0.717) is 6.61 Å². The minimum Gasteiger partial charge on any atom is -2.00 e. The fourth-order valence-corrected chi connectivity index (χ4v) is 0.158. The van der Waals surface area contributed by atoms with E-state index in [2.05, 4.69) is 6.92 Å². The molecular weight excluding hydrogens is 147 g/mol. The summed E-state index contributed by atoms with van der Waals surface area (Å²) in [6, 6.07) is 0. The molecule has 0 bridgehead atoms. The van der Waals surface area contributed by atoms with Crippen molar-refractivity contribution in [1.29, 1.82) is 0 Å². The molecule has 0 saturated carbocycles. The van der Waals surface area contributed by atoms with Crippen molar-refractivity contribution in [1.82, 2.24) is 0 Å². The second-order valence-electron chi connectivity index (χ2n) is 1.08. The Bertz CT molecular complexity index is 18.8. The maximum Gasteiger partial charge on any atom is 4.00 e. The predicted octanol–water partition coefficient (Wildman–Crippen LogP) is 0.539. The first-order valence-corrected chi connectivity index (χ1v) is 2.02. The fourth-order valence-electron chi connectivity index (χ4n) is 0.158. The third-order valence-electron chi connectivity index (χ3n) is 0.512. The third-order valence-corrected chi connectivity index (χ3v) is 0.512. The number of hydrogen-bond acceptors (Lipinski definition) is 1. The van der Waals surface area contributed by atoms with Crippen molar-refractivity contribution < 1.29 is 34.6 Å². The number of hydrogen-bond donors (Lipinski definition) is 1. The van der Waals surface area contributed by atoms with Gasteiger partial charge in [-0.25, -0.2) is 0 Å². The molecule has 0 atom stereocenters. The summed E-state index contributed by atoms with van der Waals surface area (Å²) in [5, 5.41) is 8.07. The Hall–Kier alpha value is 0.464. The Morgan fingerprint density at radius 2 is 1.62 bits per heavy atom. The predicted molar refractivity (Wildman–Crippen MR) is 23.4 cm³/mol. The summed E-state index contributed by atoms with van der Waals surface area (Å²) in [6.07, 6.45) is 2.04. The normalized spacial score (nSPS) is 5.25. The SMILES string of the molecule is CCCCO.[O-2].[O-2].[V+4]. The van der Waals surface area contributed by atoms with Crippen LogP contribution >= 0.6 is 0 Å². The zero-order valence-corrected chi connectivity index (χ0v) is 6.23. The van der Waals surface area contributed by atoms with E-state index in [1.807, 2.05) is 0 Å². The topological polar surface area (TPSA) is 77.2 Å². The minimum absolute atomic E-state index is 0.